The van der Waals surface area contributed by atoms with Gasteiger partial charge in [0.2, 0.25) is 0 Å². The molecule has 0 radical (unpaired) electrons. The van der Waals surface area contributed by atoms with E-state index >= 15 is 0 Å². The molecule has 1 aromatic carbocycles. The van der Waals surface area contributed by atoms with Gasteiger partial charge in [-0.25, -0.2) is 4.39 Å². The maximum atomic E-state index is 13.7. The van der Waals surface area contributed by atoms with Crippen molar-refractivity contribution in [1.82, 2.24) is 5.32 Å². The van der Waals surface area contributed by atoms with Crippen LogP contribution in [0.2, 0.25) is 0 Å². The van der Waals surface area contributed by atoms with Crippen molar-refractivity contribution in [2.75, 3.05) is 13.1 Å². The topological polar surface area (TPSA) is 55.2 Å². The van der Waals surface area contributed by atoms with Crippen LogP contribution in [0.25, 0.3) is 0 Å². The summed E-state index contributed by atoms with van der Waals surface area (Å²) in [6.07, 6.45) is 1.77. The second kappa shape index (κ2) is 4.57. The zero-order valence-corrected chi connectivity index (χ0v) is 8.78. The van der Waals surface area contributed by atoms with Crippen molar-refractivity contribution in [1.29, 1.82) is 0 Å². The molecule has 0 unspecified atom stereocenters. The lowest BCUT2D eigenvalue weighted by molar-refractivity contribution is -0.385. The predicted octanol–water partition coefficient (Wildman–Crippen LogP) is 2.20. The van der Waals surface area contributed by atoms with Gasteiger partial charge in [-0.2, -0.15) is 0 Å². The van der Waals surface area contributed by atoms with Crippen molar-refractivity contribution in [3.8, 4) is 0 Å². The Balaban J connectivity index is 2.24. The molecule has 86 valence electrons. The Morgan fingerprint density at radius 3 is 2.62 bits per heavy atom. The van der Waals surface area contributed by atoms with Crippen LogP contribution in [0.3, 0.4) is 0 Å². The Morgan fingerprint density at radius 1 is 1.38 bits per heavy atom. The van der Waals surface area contributed by atoms with Crippen molar-refractivity contribution in [2.45, 2.75) is 18.8 Å². The van der Waals surface area contributed by atoms with Crippen LogP contribution in [0.5, 0.6) is 0 Å². The molecule has 0 bridgehead atoms. The zero-order valence-electron chi connectivity index (χ0n) is 8.78. The summed E-state index contributed by atoms with van der Waals surface area (Å²) in [5.74, 6) is -0.275. The second-order valence-electron chi connectivity index (χ2n) is 3.99. The summed E-state index contributed by atoms with van der Waals surface area (Å²) in [5, 5.41) is 13.7. The summed E-state index contributed by atoms with van der Waals surface area (Å²) in [5.41, 5.74) is 0.419. The number of hydrogen-bond acceptors (Lipinski definition) is 3. The average molecular weight is 224 g/mol. The van der Waals surface area contributed by atoms with Crippen LogP contribution in [-0.4, -0.2) is 18.0 Å². The van der Waals surface area contributed by atoms with Crippen LogP contribution in [-0.2, 0) is 0 Å². The quantitative estimate of drug-likeness (QED) is 0.619. The number of piperidine rings is 1. The van der Waals surface area contributed by atoms with Gasteiger partial charge in [0.05, 0.1) is 11.0 Å². The first kappa shape index (κ1) is 11.0. The Hall–Kier alpha value is -1.49. The third-order valence-corrected chi connectivity index (χ3v) is 2.97. The number of non-ortho nitro benzene ring substituents is 1. The highest BCUT2D eigenvalue weighted by Gasteiger charge is 2.20. The maximum absolute atomic E-state index is 13.7. The van der Waals surface area contributed by atoms with E-state index in [1.807, 2.05) is 0 Å². The highest BCUT2D eigenvalue weighted by atomic mass is 19.1. The van der Waals surface area contributed by atoms with Gasteiger partial charge in [0.15, 0.2) is 0 Å². The van der Waals surface area contributed by atoms with Gasteiger partial charge in [-0.3, -0.25) is 10.1 Å². The van der Waals surface area contributed by atoms with Gasteiger partial charge >= 0.3 is 0 Å². The highest BCUT2D eigenvalue weighted by molar-refractivity contribution is 5.36. The minimum Gasteiger partial charge on any atom is -0.317 e. The summed E-state index contributed by atoms with van der Waals surface area (Å²) in [6.45, 7) is 1.75. The maximum Gasteiger partial charge on any atom is 0.272 e. The fourth-order valence-corrected chi connectivity index (χ4v) is 2.09. The SMILES string of the molecule is O=[N+]([O-])c1ccc(C2CCNCC2)c(F)c1. The molecule has 0 aliphatic carbocycles. The van der Waals surface area contributed by atoms with E-state index in [2.05, 4.69) is 5.32 Å². The smallest absolute Gasteiger partial charge is 0.272 e. The molecule has 0 amide bonds. The molecule has 0 atom stereocenters. The molecule has 1 heterocycles. The number of rotatable bonds is 2. The van der Waals surface area contributed by atoms with Gasteiger partial charge in [-0.15, -0.1) is 0 Å². The summed E-state index contributed by atoms with van der Waals surface area (Å²) in [4.78, 5) is 9.90. The Morgan fingerprint density at radius 2 is 2.06 bits per heavy atom. The molecule has 0 spiro atoms. The van der Waals surface area contributed by atoms with Crippen molar-refractivity contribution < 1.29 is 9.31 Å². The fourth-order valence-electron chi connectivity index (χ4n) is 2.09. The number of benzene rings is 1. The first-order valence-corrected chi connectivity index (χ1v) is 5.33. The van der Waals surface area contributed by atoms with E-state index in [1.165, 1.54) is 6.07 Å². The number of nitrogens with zero attached hydrogens (tertiary/aromatic N) is 1. The molecule has 1 aromatic rings. The number of nitro benzene ring substituents is 1. The third-order valence-electron chi connectivity index (χ3n) is 2.97. The zero-order chi connectivity index (χ0) is 11.5. The molecule has 1 aliphatic heterocycles. The highest BCUT2D eigenvalue weighted by Crippen LogP contribution is 2.29. The van der Waals surface area contributed by atoms with Gasteiger partial charge in [0.25, 0.3) is 5.69 Å². The number of hydrogen-bond donors (Lipinski definition) is 1. The van der Waals surface area contributed by atoms with Crippen molar-refractivity contribution in [3.05, 3.63) is 39.7 Å². The van der Waals surface area contributed by atoms with Crippen LogP contribution in [0, 0.1) is 15.9 Å². The van der Waals surface area contributed by atoms with Gasteiger partial charge in [0, 0.05) is 6.07 Å². The number of nitro groups is 1. The lowest BCUT2D eigenvalue weighted by Crippen LogP contribution is -2.27. The van der Waals surface area contributed by atoms with Crippen LogP contribution < -0.4 is 5.32 Å². The monoisotopic (exact) mass is 224 g/mol. The van der Waals surface area contributed by atoms with Gasteiger partial charge < -0.3 is 5.32 Å². The summed E-state index contributed by atoms with van der Waals surface area (Å²) in [7, 11) is 0. The van der Waals surface area contributed by atoms with Crippen molar-refractivity contribution >= 4 is 5.69 Å². The molecule has 1 N–H and O–H groups in total. The summed E-state index contributed by atoms with van der Waals surface area (Å²) in [6, 6.07) is 3.93. The van der Waals surface area contributed by atoms with Gasteiger partial charge in [-0.1, -0.05) is 0 Å². The van der Waals surface area contributed by atoms with E-state index in [4.69, 9.17) is 0 Å². The van der Waals surface area contributed by atoms with Crippen LogP contribution in [0.1, 0.15) is 24.3 Å². The van der Waals surface area contributed by atoms with Crippen molar-refractivity contribution in [3.63, 3.8) is 0 Å². The van der Waals surface area contributed by atoms with E-state index in [9.17, 15) is 14.5 Å². The largest absolute Gasteiger partial charge is 0.317 e. The molecule has 5 heteroatoms. The fraction of sp³-hybridized carbons (Fsp3) is 0.455. The average Bonchev–Trinajstić information content (AvgIpc) is 2.30. The van der Waals surface area contributed by atoms with E-state index in [0.29, 0.717) is 5.56 Å². The molecular weight excluding hydrogens is 211 g/mol. The van der Waals surface area contributed by atoms with Crippen LogP contribution >= 0.6 is 0 Å². The summed E-state index contributed by atoms with van der Waals surface area (Å²) < 4.78 is 13.7. The van der Waals surface area contributed by atoms with E-state index < -0.39 is 10.7 Å². The molecule has 1 saturated heterocycles. The first-order valence-electron chi connectivity index (χ1n) is 5.33. The van der Waals surface area contributed by atoms with Gasteiger partial charge in [-0.05, 0) is 43.5 Å². The second-order valence-corrected chi connectivity index (χ2v) is 3.99. The molecule has 4 nitrogen and oxygen atoms in total. The van der Waals surface area contributed by atoms with E-state index in [1.54, 1.807) is 6.07 Å². The Labute approximate surface area is 92.6 Å². The minimum absolute atomic E-state index is 0.182. The molecule has 1 aliphatic rings. The molecule has 0 saturated carbocycles. The Kier molecular flexibility index (Phi) is 3.14. The summed E-state index contributed by atoms with van der Waals surface area (Å²) >= 11 is 0. The lowest BCUT2D eigenvalue weighted by Gasteiger charge is -2.23. The van der Waals surface area contributed by atoms with E-state index in [-0.39, 0.29) is 11.6 Å². The van der Waals surface area contributed by atoms with Crippen LogP contribution in [0.4, 0.5) is 10.1 Å². The predicted molar refractivity (Wildman–Crippen MR) is 57.9 cm³/mol. The van der Waals surface area contributed by atoms with Crippen LogP contribution in [0.15, 0.2) is 18.2 Å². The normalized spacial score (nSPS) is 17.3. The van der Waals surface area contributed by atoms with Gasteiger partial charge in [0.1, 0.15) is 5.82 Å². The molecule has 2 rings (SSSR count). The van der Waals surface area contributed by atoms with Crippen molar-refractivity contribution in [2.24, 2.45) is 0 Å². The molecule has 1 fully saturated rings. The molecular formula is C11H13FN2O2. The number of nitrogens with one attached hydrogen (secondary N) is 1. The first-order chi connectivity index (χ1) is 7.68. The minimum atomic E-state index is -0.574. The van der Waals surface area contributed by atoms with E-state index in [0.717, 1.165) is 32.0 Å². The Bertz CT molecular complexity index is 403. The number of halogens is 1. The lowest BCUT2D eigenvalue weighted by atomic mass is 9.90. The third kappa shape index (κ3) is 2.19. The molecule has 0 aromatic heterocycles. The molecule has 16 heavy (non-hydrogen) atoms. The standard InChI is InChI=1S/C11H13FN2O2/c12-11-7-9(14(15)16)1-2-10(11)8-3-5-13-6-4-8/h1-2,7-8,13H,3-6H2.